The molecule has 0 saturated heterocycles. The SMILES string of the molecule is CC(C)CC(=Cc1cscn1)[N+](=O)[O-]. The van der Waals surface area contributed by atoms with Gasteiger partial charge in [-0.15, -0.1) is 11.3 Å². The third kappa shape index (κ3) is 3.26. The topological polar surface area (TPSA) is 56.0 Å². The Bertz CT molecular complexity index is 331. The van der Waals surface area contributed by atoms with Gasteiger partial charge in [0.25, 0.3) is 0 Å². The summed E-state index contributed by atoms with van der Waals surface area (Å²) in [6, 6.07) is 0. The molecule has 0 bridgehead atoms. The van der Waals surface area contributed by atoms with Crippen LogP contribution in [0.25, 0.3) is 6.08 Å². The van der Waals surface area contributed by atoms with Crippen molar-refractivity contribution < 1.29 is 4.92 Å². The maximum atomic E-state index is 10.7. The summed E-state index contributed by atoms with van der Waals surface area (Å²) < 4.78 is 0. The van der Waals surface area contributed by atoms with Gasteiger partial charge in [0.15, 0.2) is 0 Å². The van der Waals surface area contributed by atoms with Crippen LogP contribution in [0.2, 0.25) is 0 Å². The van der Waals surface area contributed by atoms with E-state index >= 15 is 0 Å². The fraction of sp³-hybridized carbons (Fsp3) is 0.444. The van der Waals surface area contributed by atoms with Crippen LogP contribution < -0.4 is 0 Å². The standard InChI is InChI=1S/C9H12N2O2S/c1-7(2)3-9(11(12)13)4-8-5-14-6-10-8/h4-7H,3H2,1-2H3. The largest absolute Gasteiger partial charge is 0.259 e. The predicted molar refractivity (Wildman–Crippen MR) is 56.5 cm³/mol. The second-order valence-electron chi connectivity index (χ2n) is 3.40. The summed E-state index contributed by atoms with van der Waals surface area (Å²) in [7, 11) is 0. The maximum absolute atomic E-state index is 10.7. The van der Waals surface area contributed by atoms with Crippen molar-refractivity contribution >= 4 is 17.4 Å². The zero-order valence-corrected chi connectivity index (χ0v) is 8.95. The molecule has 1 aromatic heterocycles. The first kappa shape index (κ1) is 10.8. The molecular formula is C9H12N2O2S. The van der Waals surface area contributed by atoms with Gasteiger partial charge in [0.2, 0.25) is 5.70 Å². The minimum atomic E-state index is -0.334. The highest BCUT2D eigenvalue weighted by Crippen LogP contribution is 2.15. The molecule has 0 atom stereocenters. The molecule has 0 aliphatic carbocycles. The summed E-state index contributed by atoms with van der Waals surface area (Å²) in [4.78, 5) is 14.3. The third-order valence-corrected chi connectivity index (χ3v) is 2.22. The van der Waals surface area contributed by atoms with Gasteiger partial charge < -0.3 is 0 Å². The average molecular weight is 212 g/mol. The van der Waals surface area contributed by atoms with E-state index in [1.165, 1.54) is 17.4 Å². The molecule has 14 heavy (non-hydrogen) atoms. The lowest BCUT2D eigenvalue weighted by atomic mass is 10.1. The van der Waals surface area contributed by atoms with Crippen LogP contribution in [-0.4, -0.2) is 9.91 Å². The lowest BCUT2D eigenvalue weighted by molar-refractivity contribution is -0.427. The Morgan fingerprint density at radius 3 is 2.93 bits per heavy atom. The molecule has 0 N–H and O–H groups in total. The Balaban J connectivity index is 2.82. The van der Waals surface area contributed by atoms with E-state index in [0.29, 0.717) is 12.1 Å². The Morgan fingerprint density at radius 2 is 2.50 bits per heavy atom. The molecule has 0 spiro atoms. The molecule has 5 heteroatoms. The van der Waals surface area contributed by atoms with Gasteiger partial charge in [-0.25, -0.2) is 4.98 Å². The van der Waals surface area contributed by atoms with Crippen LogP contribution in [0.4, 0.5) is 0 Å². The van der Waals surface area contributed by atoms with Crippen LogP contribution in [0.3, 0.4) is 0 Å². The van der Waals surface area contributed by atoms with Gasteiger partial charge in [0.1, 0.15) is 0 Å². The number of hydrogen-bond acceptors (Lipinski definition) is 4. The van der Waals surface area contributed by atoms with Crippen LogP contribution in [0.15, 0.2) is 16.6 Å². The van der Waals surface area contributed by atoms with E-state index in [2.05, 4.69) is 4.98 Å². The van der Waals surface area contributed by atoms with E-state index in [1.54, 1.807) is 10.9 Å². The highest BCUT2D eigenvalue weighted by atomic mass is 32.1. The zero-order valence-electron chi connectivity index (χ0n) is 8.14. The second kappa shape index (κ2) is 4.85. The molecule has 1 rings (SSSR count). The normalized spacial score (nSPS) is 12.1. The van der Waals surface area contributed by atoms with Crippen molar-refractivity contribution in [2.45, 2.75) is 20.3 Å². The van der Waals surface area contributed by atoms with Gasteiger partial charge in [0.05, 0.1) is 16.1 Å². The van der Waals surface area contributed by atoms with Crippen LogP contribution >= 0.6 is 11.3 Å². The molecule has 0 aliphatic rings. The van der Waals surface area contributed by atoms with Gasteiger partial charge in [0, 0.05) is 17.9 Å². The number of rotatable bonds is 4. The monoisotopic (exact) mass is 212 g/mol. The Labute approximate surface area is 86.4 Å². The van der Waals surface area contributed by atoms with Crippen molar-refractivity contribution in [2.75, 3.05) is 0 Å². The first-order valence-corrected chi connectivity index (χ1v) is 5.27. The number of nitro groups is 1. The number of hydrogen-bond donors (Lipinski definition) is 0. The van der Waals surface area contributed by atoms with E-state index in [1.807, 2.05) is 13.8 Å². The fourth-order valence-corrected chi connectivity index (χ4v) is 1.58. The molecule has 0 unspecified atom stereocenters. The molecule has 1 heterocycles. The lowest BCUT2D eigenvalue weighted by Crippen LogP contribution is -2.02. The zero-order chi connectivity index (χ0) is 10.6. The van der Waals surface area contributed by atoms with Crippen molar-refractivity contribution in [2.24, 2.45) is 5.92 Å². The second-order valence-corrected chi connectivity index (χ2v) is 4.12. The molecular weight excluding hydrogens is 200 g/mol. The van der Waals surface area contributed by atoms with Crippen LogP contribution in [0.5, 0.6) is 0 Å². The summed E-state index contributed by atoms with van der Waals surface area (Å²) in [6.07, 6.45) is 2.01. The fourth-order valence-electron chi connectivity index (χ4n) is 1.07. The molecule has 0 radical (unpaired) electrons. The minimum Gasteiger partial charge on any atom is -0.259 e. The number of nitrogens with zero attached hydrogens (tertiary/aromatic N) is 2. The summed E-state index contributed by atoms with van der Waals surface area (Å²) in [5.41, 5.74) is 2.56. The molecule has 0 saturated carbocycles. The average Bonchev–Trinajstić information content (AvgIpc) is 2.54. The van der Waals surface area contributed by atoms with Crippen molar-refractivity contribution in [3.05, 3.63) is 32.4 Å². The Hall–Kier alpha value is -1.23. The molecule has 0 fully saturated rings. The van der Waals surface area contributed by atoms with E-state index in [4.69, 9.17) is 0 Å². The number of aromatic nitrogens is 1. The van der Waals surface area contributed by atoms with Crippen LogP contribution in [0.1, 0.15) is 26.0 Å². The quantitative estimate of drug-likeness (QED) is 0.569. The van der Waals surface area contributed by atoms with Gasteiger partial charge >= 0.3 is 0 Å². The van der Waals surface area contributed by atoms with Gasteiger partial charge in [-0.3, -0.25) is 10.1 Å². The molecule has 1 aromatic rings. The number of allylic oxidation sites excluding steroid dienone is 1. The van der Waals surface area contributed by atoms with Crippen molar-refractivity contribution in [1.29, 1.82) is 0 Å². The highest BCUT2D eigenvalue weighted by molar-refractivity contribution is 7.07. The summed E-state index contributed by atoms with van der Waals surface area (Å²) >= 11 is 1.43. The smallest absolute Gasteiger partial charge is 0.248 e. The van der Waals surface area contributed by atoms with E-state index < -0.39 is 0 Å². The maximum Gasteiger partial charge on any atom is 0.248 e. The summed E-state index contributed by atoms with van der Waals surface area (Å²) in [5.74, 6) is 0.283. The Kier molecular flexibility index (Phi) is 3.76. The Morgan fingerprint density at radius 1 is 1.79 bits per heavy atom. The van der Waals surface area contributed by atoms with Crippen LogP contribution in [0, 0.1) is 16.0 Å². The summed E-state index contributed by atoms with van der Waals surface area (Å²) in [5, 5.41) is 12.5. The van der Waals surface area contributed by atoms with Crippen LogP contribution in [-0.2, 0) is 0 Å². The van der Waals surface area contributed by atoms with Crippen molar-refractivity contribution in [3.63, 3.8) is 0 Å². The molecule has 4 nitrogen and oxygen atoms in total. The van der Waals surface area contributed by atoms with Gasteiger partial charge in [-0.1, -0.05) is 13.8 Å². The molecule has 0 aromatic carbocycles. The molecule has 0 amide bonds. The minimum absolute atomic E-state index is 0.228. The first-order valence-electron chi connectivity index (χ1n) is 4.32. The van der Waals surface area contributed by atoms with Gasteiger partial charge in [-0.2, -0.15) is 0 Å². The van der Waals surface area contributed by atoms with E-state index in [9.17, 15) is 10.1 Å². The summed E-state index contributed by atoms with van der Waals surface area (Å²) in [6.45, 7) is 3.91. The number of thiazole rings is 1. The van der Waals surface area contributed by atoms with E-state index in [-0.39, 0.29) is 16.5 Å². The molecule has 0 aliphatic heterocycles. The van der Waals surface area contributed by atoms with Crippen molar-refractivity contribution in [1.82, 2.24) is 4.98 Å². The molecule has 76 valence electrons. The van der Waals surface area contributed by atoms with Gasteiger partial charge in [-0.05, 0) is 5.92 Å². The lowest BCUT2D eigenvalue weighted by Gasteiger charge is -2.00. The highest BCUT2D eigenvalue weighted by Gasteiger charge is 2.13. The van der Waals surface area contributed by atoms with E-state index in [0.717, 1.165) is 0 Å². The van der Waals surface area contributed by atoms with Crippen molar-refractivity contribution in [3.8, 4) is 0 Å². The predicted octanol–water partition coefficient (Wildman–Crippen LogP) is 2.81. The third-order valence-electron chi connectivity index (χ3n) is 1.62. The first-order chi connectivity index (χ1) is 6.59.